The van der Waals surface area contributed by atoms with Crippen molar-refractivity contribution in [3.8, 4) is 0 Å². The Morgan fingerprint density at radius 2 is 1.88 bits per heavy atom. The van der Waals surface area contributed by atoms with Gasteiger partial charge in [0.1, 0.15) is 0 Å². The molecule has 0 atom stereocenters. The van der Waals surface area contributed by atoms with Crippen molar-refractivity contribution in [2.24, 2.45) is 0 Å². The monoisotopic (exact) mass is 209 g/mol. The van der Waals surface area contributed by atoms with E-state index in [1.165, 1.54) is 0 Å². The minimum atomic E-state index is 0.0862. The first kappa shape index (κ1) is 9.16. The van der Waals surface area contributed by atoms with Crippen LogP contribution < -0.4 is 5.43 Å². The maximum absolute atomic E-state index is 12.0. The molecule has 0 saturated carbocycles. The van der Waals surface area contributed by atoms with Crippen molar-refractivity contribution in [3.05, 3.63) is 58.4 Å². The minimum Gasteiger partial charge on any atom is -0.361 e. The Balaban J connectivity index is 2.65. The predicted octanol–water partition coefficient (Wildman–Crippen LogP) is 2.99. The SMILES string of the molecule is Cc1cc(=O)c2c(ccc3ccc[nH]c32)c1. The molecule has 78 valence electrons. The smallest absolute Gasteiger partial charge is 0.188 e. The van der Waals surface area contributed by atoms with Gasteiger partial charge in [-0.05, 0) is 35.4 Å². The lowest BCUT2D eigenvalue weighted by molar-refractivity contribution is 1.41. The van der Waals surface area contributed by atoms with Gasteiger partial charge >= 0.3 is 0 Å². The van der Waals surface area contributed by atoms with E-state index in [9.17, 15) is 4.79 Å². The fourth-order valence-electron chi connectivity index (χ4n) is 2.16. The van der Waals surface area contributed by atoms with Gasteiger partial charge in [0.15, 0.2) is 5.43 Å². The van der Waals surface area contributed by atoms with Gasteiger partial charge in [-0.15, -0.1) is 0 Å². The molecule has 0 aliphatic rings. The fraction of sp³-hybridized carbons (Fsp3) is 0.0714. The van der Waals surface area contributed by atoms with Gasteiger partial charge in [-0.2, -0.15) is 0 Å². The number of aryl methyl sites for hydroxylation is 1. The van der Waals surface area contributed by atoms with E-state index in [0.717, 1.165) is 27.2 Å². The van der Waals surface area contributed by atoms with E-state index in [-0.39, 0.29) is 5.43 Å². The molecule has 0 bridgehead atoms. The molecule has 0 aliphatic carbocycles. The minimum absolute atomic E-state index is 0.0862. The summed E-state index contributed by atoms with van der Waals surface area (Å²) in [6.07, 6.45) is 1.85. The summed E-state index contributed by atoms with van der Waals surface area (Å²) in [7, 11) is 0. The lowest BCUT2D eigenvalue weighted by Gasteiger charge is -2.03. The average molecular weight is 209 g/mol. The van der Waals surface area contributed by atoms with Gasteiger partial charge in [0.05, 0.1) is 10.9 Å². The number of H-pyrrole nitrogens is 1. The largest absolute Gasteiger partial charge is 0.361 e. The molecule has 1 aromatic heterocycles. The summed E-state index contributed by atoms with van der Waals surface area (Å²) in [6, 6.07) is 11.7. The second kappa shape index (κ2) is 3.20. The third kappa shape index (κ3) is 1.23. The summed E-state index contributed by atoms with van der Waals surface area (Å²) in [4.78, 5) is 15.1. The number of fused-ring (bicyclic) bond motifs is 3. The van der Waals surface area contributed by atoms with Gasteiger partial charge in [0.2, 0.25) is 0 Å². The van der Waals surface area contributed by atoms with Crippen LogP contribution in [0, 0.1) is 6.92 Å². The van der Waals surface area contributed by atoms with Gasteiger partial charge in [-0.1, -0.05) is 24.3 Å². The Bertz CT molecular complexity index is 740. The Labute approximate surface area is 92.5 Å². The highest BCUT2D eigenvalue weighted by molar-refractivity contribution is 6.04. The predicted molar refractivity (Wildman–Crippen MR) is 66.8 cm³/mol. The quantitative estimate of drug-likeness (QED) is 0.567. The van der Waals surface area contributed by atoms with Crippen molar-refractivity contribution in [2.75, 3.05) is 0 Å². The first-order chi connectivity index (χ1) is 7.75. The van der Waals surface area contributed by atoms with E-state index in [1.807, 2.05) is 43.5 Å². The zero-order chi connectivity index (χ0) is 11.1. The zero-order valence-corrected chi connectivity index (χ0v) is 8.95. The molecule has 0 fully saturated rings. The molecule has 3 rings (SSSR count). The van der Waals surface area contributed by atoms with Gasteiger partial charge < -0.3 is 4.98 Å². The van der Waals surface area contributed by atoms with E-state index in [0.29, 0.717) is 0 Å². The fourth-order valence-corrected chi connectivity index (χ4v) is 2.16. The molecule has 2 aromatic carbocycles. The summed E-state index contributed by atoms with van der Waals surface area (Å²) in [5.74, 6) is 0. The highest BCUT2D eigenvalue weighted by Crippen LogP contribution is 2.21. The average Bonchev–Trinajstić information content (AvgIpc) is 2.28. The van der Waals surface area contributed by atoms with Gasteiger partial charge in [-0.3, -0.25) is 4.79 Å². The van der Waals surface area contributed by atoms with Crippen LogP contribution in [0.5, 0.6) is 0 Å². The maximum atomic E-state index is 12.0. The van der Waals surface area contributed by atoms with Gasteiger partial charge in [-0.25, -0.2) is 0 Å². The van der Waals surface area contributed by atoms with Crippen LogP contribution in [0.2, 0.25) is 0 Å². The molecule has 3 aromatic rings. The molecule has 16 heavy (non-hydrogen) atoms. The highest BCUT2D eigenvalue weighted by atomic mass is 16.1. The molecule has 0 spiro atoms. The molecule has 0 aliphatic heterocycles. The molecule has 2 nitrogen and oxygen atoms in total. The highest BCUT2D eigenvalue weighted by Gasteiger charge is 2.04. The maximum Gasteiger partial charge on any atom is 0.188 e. The number of aromatic amines is 1. The van der Waals surface area contributed by atoms with E-state index in [1.54, 1.807) is 6.07 Å². The number of nitrogens with one attached hydrogen (secondary N) is 1. The van der Waals surface area contributed by atoms with E-state index >= 15 is 0 Å². The van der Waals surface area contributed by atoms with Crippen LogP contribution in [0.4, 0.5) is 0 Å². The molecule has 0 amide bonds. The first-order valence-electron chi connectivity index (χ1n) is 5.26. The Kier molecular flexibility index (Phi) is 1.83. The summed E-state index contributed by atoms with van der Waals surface area (Å²) in [5, 5.41) is 2.85. The standard InChI is InChI=1S/C14H11NO/c1-9-7-11-5-4-10-3-2-6-15-14(10)13(11)12(16)8-9/h2-8,15H,1H3. The normalized spacial score (nSPS) is 11.1. The van der Waals surface area contributed by atoms with Crippen LogP contribution in [0.15, 0.2) is 47.4 Å². The Morgan fingerprint density at radius 1 is 1.06 bits per heavy atom. The van der Waals surface area contributed by atoms with Crippen molar-refractivity contribution in [2.45, 2.75) is 6.92 Å². The number of rotatable bonds is 0. The molecular weight excluding hydrogens is 198 g/mol. The number of aromatic nitrogens is 1. The lowest BCUT2D eigenvalue weighted by atomic mass is 10.0. The molecular formula is C14H11NO. The zero-order valence-electron chi connectivity index (χ0n) is 8.95. The summed E-state index contributed by atoms with van der Waals surface area (Å²) < 4.78 is 0. The van der Waals surface area contributed by atoms with E-state index in [4.69, 9.17) is 0 Å². The third-order valence-corrected chi connectivity index (χ3v) is 2.86. The number of hydrogen-bond donors (Lipinski definition) is 1. The molecule has 1 heterocycles. The van der Waals surface area contributed by atoms with Crippen LogP contribution in [-0.2, 0) is 0 Å². The molecule has 1 N–H and O–H groups in total. The third-order valence-electron chi connectivity index (χ3n) is 2.86. The van der Waals surface area contributed by atoms with Gasteiger partial charge in [0, 0.05) is 6.20 Å². The van der Waals surface area contributed by atoms with Crippen LogP contribution in [-0.4, -0.2) is 4.98 Å². The Morgan fingerprint density at radius 3 is 2.75 bits per heavy atom. The summed E-state index contributed by atoms with van der Waals surface area (Å²) in [5.41, 5.74) is 2.01. The second-order valence-corrected chi connectivity index (χ2v) is 4.06. The second-order valence-electron chi connectivity index (χ2n) is 4.06. The van der Waals surface area contributed by atoms with Crippen LogP contribution >= 0.6 is 0 Å². The lowest BCUT2D eigenvalue weighted by Crippen LogP contribution is -2.01. The van der Waals surface area contributed by atoms with E-state index < -0.39 is 0 Å². The van der Waals surface area contributed by atoms with E-state index in [2.05, 4.69) is 4.98 Å². The van der Waals surface area contributed by atoms with Crippen LogP contribution in [0.25, 0.3) is 21.7 Å². The topological polar surface area (TPSA) is 32.9 Å². The van der Waals surface area contributed by atoms with Crippen molar-refractivity contribution in [1.82, 2.24) is 4.98 Å². The van der Waals surface area contributed by atoms with Crippen LogP contribution in [0.1, 0.15) is 5.56 Å². The van der Waals surface area contributed by atoms with Crippen molar-refractivity contribution < 1.29 is 0 Å². The Hall–Kier alpha value is -2.09. The molecule has 0 radical (unpaired) electrons. The molecule has 0 unspecified atom stereocenters. The molecule has 2 heteroatoms. The molecule has 0 saturated heterocycles. The number of hydrogen-bond acceptors (Lipinski definition) is 1. The van der Waals surface area contributed by atoms with Crippen molar-refractivity contribution in [1.29, 1.82) is 0 Å². The van der Waals surface area contributed by atoms with Crippen molar-refractivity contribution in [3.63, 3.8) is 0 Å². The summed E-state index contributed by atoms with van der Waals surface area (Å²) >= 11 is 0. The van der Waals surface area contributed by atoms with Crippen LogP contribution in [0.3, 0.4) is 0 Å². The number of benzene rings is 2. The first-order valence-corrected chi connectivity index (χ1v) is 5.26. The number of pyridine rings is 1. The van der Waals surface area contributed by atoms with Gasteiger partial charge in [0.25, 0.3) is 0 Å². The summed E-state index contributed by atoms with van der Waals surface area (Å²) in [6.45, 7) is 1.94. The van der Waals surface area contributed by atoms with Crippen molar-refractivity contribution >= 4 is 21.7 Å².